The van der Waals surface area contributed by atoms with Crippen molar-refractivity contribution in [1.82, 2.24) is 5.32 Å². The third kappa shape index (κ3) is 2.85. The highest BCUT2D eigenvalue weighted by Gasteiger charge is 2.20. The van der Waals surface area contributed by atoms with Gasteiger partial charge in [-0.1, -0.05) is 37.6 Å². The largest absolute Gasteiger partial charge is 0.314 e. The van der Waals surface area contributed by atoms with Crippen molar-refractivity contribution in [2.24, 2.45) is 5.92 Å². The molecule has 0 spiro atoms. The second-order valence-corrected chi connectivity index (χ2v) is 5.14. The van der Waals surface area contributed by atoms with Crippen molar-refractivity contribution in [3.63, 3.8) is 0 Å². The van der Waals surface area contributed by atoms with Crippen molar-refractivity contribution in [2.45, 2.75) is 45.6 Å². The van der Waals surface area contributed by atoms with Crippen LogP contribution in [0.5, 0.6) is 0 Å². The summed E-state index contributed by atoms with van der Waals surface area (Å²) in [5.74, 6) is 0.816. The highest BCUT2D eigenvalue weighted by atomic mass is 14.9. The van der Waals surface area contributed by atoms with Crippen LogP contribution in [0.1, 0.15) is 37.8 Å². The van der Waals surface area contributed by atoms with Gasteiger partial charge in [0, 0.05) is 6.04 Å². The number of hydrogen-bond donors (Lipinski definition) is 1. The Hall–Kier alpha value is -0.820. The third-order valence-electron chi connectivity index (χ3n) is 3.61. The Balaban J connectivity index is 1.79. The van der Waals surface area contributed by atoms with E-state index in [2.05, 4.69) is 43.4 Å². The zero-order valence-electron chi connectivity index (χ0n) is 10.5. The van der Waals surface area contributed by atoms with E-state index < -0.39 is 0 Å². The lowest BCUT2D eigenvalue weighted by atomic mass is 10.1. The van der Waals surface area contributed by atoms with Gasteiger partial charge in [-0.15, -0.1) is 0 Å². The second-order valence-electron chi connectivity index (χ2n) is 5.14. The fraction of sp³-hybridized carbons (Fsp3) is 0.600. The van der Waals surface area contributed by atoms with Gasteiger partial charge in [0.2, 0.25) is 0 Å². The molecule has 1 heteroatoms. The molecular weight excluding hydrogens is 194 g/mol. The Bertz CT molecular complexity index is 307. The molecule has 0 aromatic heterocycles. The number of hydrogen-bond acceptors (Lipinski definition) is 1. The second kappa shape index (κ2) is 5.49. The number of benzene rings is 1. The van der Waals surface area contributed by atoms with Gasteiger partial charge < -0.3 is 5.32 Å². The minimum absolute atomic E-state index is 0.675. The maximum Gasteiger partial charge on any atom is 0.00387 e. The Morgan fingerprint density at radius 3 is 2.44 bits per heavy atom. The van der Waals surface area contributed by atoms with E-state index in [4.69, 9.17) is 0 Å². The minimum Gasteiger partial charge on any atom is -0.314 e. The van der Waals surface area contributed by atoms with Crippen molar-refractivity contribution in [3.8, 4) is 0 Å². The van der Waals surface area contributed by atoms with Crippen LogP contribution in [0.15, 0.2) is 24.3 Å². The Morgan fingerprint density at radius 2 is 1.88 bits per heavy atom. The van der Waals surface area contributed by atoms with Gasteiger partial charge in [-0.05, 0) is 49.8 Å². The van der Waals surface area contributed by atoms with E-state index in [0.717, 1.165) is 5.92 Å². The van der Waals surface area contributed by atoms with Crippen LogP contribution in [0.2, 0.25) is 0 Å². The minimum atomic E-state index is 0.675. The molecule has 1 N–H and O–H groups in total. The molecule has 1 aliphatic rings. The molecule has 0 saturated carbocycles. The van der Waals surface area contributed by atoms with Crippen LogP contribution in [-0.2, 0) is 12.8 Å². The molecular formula is C15H23N. The van der Waals surface area contributed by atoms with E-state index in [0.29, 0.717) is 6.04 Å². The molecule has 0 saturated heterocycles. The van der Waals surface area contributed by atoms with Crippen molar-refractivity contribution >= 4 is 0 Å². The van der Waals surface area contributed by atoms with Crippen LogP contribution in [0.25, 0.3) is 0 Å². The van der Waals surface area contributed by atoms with E-state index in [1.165, 1.54) is 32.2 Å². The predicted molar refractivity (Wildman–Crippen MR) is 69.7 cm³/mol. The van der Waals surface area contributed by atoms with Crippen LogP contribution < -0.4 is 5.32 Å². The van der Waals surface area contributed by atoms with Crippen LogP contribution in [0.3, 0.4) is 0 Å². The maximum atomic E-state index is 3.66. The Kier molecular flexibility index (Phi) is 4.00. The Morgan fingerprint density at radius 1 is 1.25 bits per heavy atom. The summed E-state index contributed by atoms with van der Waals surface area (Å²) >= 11 is 0. The molecule has 88 valence electrons. The summed E-state index contributed by atoms with van der Waals surface area (Å²) in [6.07, 6.45) is 5.10. The topological polar surface area (TPSA) is 12.0 Å². The van der Waals surface area contributed by atoms with Gasteiger partial charge in [-0.2, -0.15) is 0 Å². The molecule has 16 heavy (non-hydrogen) atoms. The summed E-state index contributed by atoms with van der Waals surface area (Å²) in [6.45, 7) is 5.73. The molecule has 1 aromatic rings. The van der Waals surface area contributed by atoms with Crippen molar-refractivity contribution < 1.29 is 0 Å². The molecule has 0 radical (unpaired) electrons. The molecule has 1 atom stereocenters. The fourth-order valence-electron chi connectivity index (χ4n) is 2.70. The molecule has 0 bridgehead atoms. The van der Waals surface area contributed by atoms with E-state index in [1.807, 2.05) is 0 Å². The van der Waals surface area contributed by atoms with Crippen LogP contribution >= 0.6 is 0 Å². The SMILES string of the molecule is CCCC(C)NCC1Cc2ccccc2C1. The van der Waals surface area contributed by atoms with Crippen LogP contribution in [0, 0.1) is 5.92 Å². The van der Waals surface area contributed by atoms with E-state index in [9.17, 15) is 0 Å². The molecule has 0 amide bonds. The molecule has 1 unspecified atom stereocenters. The van der Waals surface area contributed by atoms with E-state index >= 15 is 0 Å². The Labute approximate surface area is 99.3 Å². The molecule has 0 heterocycles. The molecule has 1 aliphatic carbocycles. The van der Waals surface area contributed by atoms with Gasteiger partial charge >= 0.3 is 0 Å². The highest BCUT2D eigenvalue weighted by Crippen LogP contribution is 2.25. The van der Waals surface area contributed by atoms with Crippen LogP contribution in [-0.4, -0.2) is 12.6 Å². The van der Waals surface area contributed by atoms with Crippen molar-refractivity contribution in [3.05, 3.63) is 35.4 Å². The molecule has 2 rings (SSSR count). The predicted octanol–water partition coefficient (Wildman–Crippen LogP) is 3.18. The summed E-state index contributed by atoms with van der Waals surface area (Å²) < 4.78 is 0. The molecule has 1 nitrogen and oxygen atoms in total. The van der Waals surface area contributed by atoms with Gasteiger partial charge in [0.25, 0.3) is 0 Å². The van der Waals surface area contributed by atoms with Gasteiger partial charge in [-0.3, -0.25) is 0 Å². The normalized spacial score (nSPS) is 17.4. The highest BCUT2D eigenvalue weighted by molar-refractivity contribution is 5.32. The number of rotatable bonds is 5. The monoisotopic (exact) mass is 217 g/mol. The standard InChI is InChI=1S/C15H23N/c1-3-6-12(2)16-11-13-9-14-7-4-5-8-15(14)10-13/h4-5,7-8,12-13,16H,3,6,9-11H2,1-2H3. The van der Waals surface area contributed by atoms with Gasteiger partial charge in [0.1, 0.15) is 0 Å². The molecule has 0 aliphatic heterocycles. The lowest BCUT2D eigenvalue weighted by Gasteiger charge is -2.16. The molecule has 0 fully saturated rings. The zero-order chi connectivity index (χ0) is 11.4. The average Bonchev–Trinajstić information content (AvgIpc) is 2.69. The zero-order valence-corrected chi connectivity index (χ0v) is 10.5. The summed E-state index contributed by atoms with van der Waals surface area (Å²) in [4.78, 5) is 0. The maximum absolute atomic E-state index is 3.66. The summed E-state index contributed by atoms with van der Waals surface area (Å²) in [5, 5.41) is 3.66. The van der Waals surface area contributed by atoms with Crippen LogP contribution in [0.4, 0.5) is 0 Å². The average molecular weight is 217 g/mol. The van der Waals surface area contributed by atoms with Gasteiger partial charge in [-0.25, -0.2) is 0 Å². The first-order valence-electron chi connectivity index (χ1n) is 6.59. The quantitative estimate of drug-likeness (QED) is 0.798. The number of nitrogens with one attached hydrogen (secondary N) is 1. The third-order valence-corrected chi connectivity index (χ3v) is 3.61. The smallest absolute Gasteiger partial charge is 0.00387 e. The summed E-state index contributed by atoms with van der Waals surface area (Å²) in [6, 6.07) is 9.56. The summed E-state index contributed by atoms with van der Waals surface area (Å²) in [7, 11) is 0. The van der Waals surface area contributed by atoms with E-state index in [-0.39, 0.29) is 0 Å². The first-order chi connectivity index (χ1) is 7.79. The lowest BCUT2D eigenvalue weighted by molar-refractivity contribution is 0.434. The molecule has 1 aromatic carbocycles. The van der Waals surface area contributed by atoms with Gasteiger partial charge in [0.05, 0.1) is 0 Å². The fourth-order valence-corrected chi connectivity index (χ4v) is 2.70. The first kappa shape index (κ1) is 11.7. The summed E-state index contributed by atoms with van der Waals surface area (Å²) in [5.41, 5.74) is 3.13. The first-order valence-corrected chi connectivity index (χ1v) is 6.59. The van der Waals surface area contributed by atoms with Gasteiger partial charge in [0.15, 0.2) is 0 Å². The van der Waals surface area contributed by atoms with Crippen molar-refractivity contribution in [1.29, 1.82) is 0 Å². The van der Waals surface area contributed by atoms with Crippen molar-refractivity contribution in [2.75, 3.05) is 6.54 Å². The lowest BCUT2D eigenvalue weighted by Crippen LogP contribution is -2.31. The van der Waals surface area contributed by atoms with E-state index in [1.54, 1.807) is 11.1 Å². The number of fused-ring (bicyclic) bond motifs is 1.